The molecule has 0 aliphatic carbocycles. The van der Waals surface area contributed by atoms with Crippen molar-refractivity contribution in [2.45, 2.75) is 31.8 Å². The Morgan fingerprint density at radius 2 is 1.62 bits per heavy atom. The van der Waals surface area contributed by atoms with E-state index < -0.39 is 67.1 Å². The normalized spacial score (nSPS) is 14.5. The van der Waals surface area contributed by atoms with Crippen LogP contribution in [-0.4, -0.2) is 72.3 Å². The molecular formula is C20H21N3O9-2. The molecule has 12 nitrogen and oxygen atoms in total. The molecule has 172 valence electrons. The van der Waals surface area contributed by atoms with Crippen LogP contribution in [0.1, 0.15) is 40.5 Å². The largest absolute Gasteiger partial charge is 0.550 e. The monoisotopic (exact) mass is 447 g/mol. The van der Waals surface area contributed by atoms with Crippen LogP contribution in [-0.2, 0) is 23.9 Å². The Kier molecular flexibility index (Phi) is 8.41. The number of carboxylic acids is 2. The predicted octanol–water partition coefficient (Wildman–Crippen LogP) is -3.43. The number of fused-ring (bicyclic) bond motifs is 1. The standard InChI is InChI=1S/C20H23N3O9/c1-11(17(27)22-14(20(30)31)6-7-16(25)26)21-15(24)10-32-9-8-23-18(28)12-4-2-3-5-13(12)19(23)29/h2-5,11,14H,6-10H2,1H3,(H,21,24)(H,22,27)(H,25,26)(H,30,31)/p-2/t11-,14+/m0/s1. The molecule has 0 unspecified atom stereocenters. The SMILES string of the molecule is C[C@H](NC(=O)COCCN1C(=O)c2ccccc2C1=O)C(=O)N[C@H](CCC(=O)[O-])C(=O)[O-]. The highest BCUT2D eigenvalue weighted by Gasteiger charge is 2.34. The number of carbonyl (C=O) groups is 6. The van der Waals surface area contributed by atoms with E-state index in [1.165, 1.54) is 6.92 Å². The number of nitrogens with one attached hydrogen (secondary N) is 2. The maximum atomic E-state index is 12.2. The summed E-state index contributed by atoms with van der Waals surface area (Å²) in [5.41, 5.74) is 0.592. The number of hydrogen-bond acceptors (Lipinski definition) is 9. The molecule has 1 aromatic carbocycles. The van der Waals surface area contributed by atoms with Gasteiger partial charge in [0.1, 0.15) is 12.6 Å². The molecule has 0 saturated carbocycles. The predicted molar refractivity (Wildman–Crippen MR) is 101 cm³/mol. The summed E-state index contributed by atoms with van der Waals surface area (Å²) in [5.74, 6) is -5.62. The van der Waals surface area contributed by atoms with Crippen LogP contribution in [0.2, 0.25) is 0 Å². The van der Waals surface area contributed by atoms with Crippen LogP contribution in [0.25, 0.3) is 0 Å². The summed E-state index contributed by atoms with van der Waals surface area (Å²) in [7, 11) is 0. The summed E-state index contributed by atoms with van der Waals surface area (Å²) in [6.45, 7) is 0.628. The molecule has 32 heavy (non-hydrogen) atoms. The molecule has 1 heterocycles. The first kappa shape index (κ1) is 24.5. The van der Waals surface area contributed by atoms with Crippen molar-refractivity contribution in [3.05, 3.63) is 35.4 Å². The fraction of sp³-hybridized carbons (Fsp3) is 0.400. The van der Waals surface area contributed by atoms with E-state index in [4.69, 9.17) is 4.74 Å². The van der Waals surface area contributed by atoms with Gasteiger partial charge in [0.15, 0.2) is 0 Å². The molecule has 12 heteroatoms. The van der Waals surface area contributed by atoms with Gasteiger partial charge in [-0.1, -0.05) is 12.1 Å². The first-order valence-corrected chi connectivity index (χ1v) is 9.65. The Morgan fingerprint density at radius 1 is 1.03 bits per heavy atom. The van der Waals surface area contributed by atoms with Crippen molar-refractivity contribution in [2.75, 3.05) is 19.8 Å². The molecule has 1 aromatic rings. The van der Waals surface area contributed by atoms with E-state index in [0.29, 0.717) is 11.1 Å². The van der Waals surface area contributed by atoms with Crippen LogP contribution in [0, 0.1) is 0 Å². The van der Waals surface area contributed by atoms with Crippen LogP contribution < -0.4 is 20.8 Å². The van der Waals surface area contributed by atoms with Gasteiger partial charge in [0.25, 0.3) is 11.8 Å². The molecule has 2 atom stereocenters. The number of aliphatic carboxylic acids is 2. The molecule has 2 N–H and O–H groups in total. The van der Waals surface area contributed by atoms with Crippen LogP contribution in [0.5, 0.6) is 0 Å². The molecular weight excluding hydrogens is 426 g/mol. The van der Waals surface area contributed by atoms with E-state index in [0.717, 1.165) is 4.90 Å². The van der Waals surface area contributed by atoms with Gasteiger partial charge in [-0.25, -0.2) is 0 Å². The van der Waals surface area contributed by atoms with Gasteiger partial charge in [-0.3, -0.25) is 24.1 Å². The average Bonchev–Trinajstić information content (AvgIpc) is 2.98. The Hall–Kier alpha value is -3.80. The molecule has 0 bridgehead atoms. The Morgan fingerprint density at radius 3 is 2.16 bits per heavy atom. The third-order valence-corrected chi connectivity index (χ3v) is 4.58. The molecule has 1 aliphatic rings. The molecule has 0 aromatic heterocycles. The zero-order chi connectivity index (χ0) is 23.8. The first-order valence-electron chi connectivity index (χ1n) is 9.65. The molecule has 4 amide bonds. The number of amides is 4. The number of carboxylic acid groups (broad SMARTS) is 2. The molecule has 0 saturated heterocycles. The average molecular weight is 447 g/mol. The summed E-state index contributed by atoms with van der Waals surface area (Å²) in [5, 5.41) is 25.8. The van der Waals surface area contributed by atoms with Gasteiger partial charge in [0, 0.05) is 5.97 Å². The minimum atomic E-state index is -1.67. The summed E-state index contributed by atoms with van der Waals surface area (Å²) in [6, 6.07) is 3.66. The van der Waals surface area contributed by atoms with E-state index in [9.17, 15) is 39.0 Å². The Bertz CT molecular complexity index is 896. The molecule has 0 spiro atoms. The number of ether oxygens (including phenoxy) is 1. The summed E-state index contributed by atoms with van der Waals surface area (Å²) < 4.78 is 5.15. The second-order valence-electron chi connectivity index (χ2n) is 6.94. The van der Waals surface area contributed by atoms with E-state index in [2.05, 4.69) is 10.6 Å². The highest BCUT2D eigenvalue weighted by atomic mass is 16.5. The lowest BCUT2D eigenvalue weighted by Crippen LogP contribution is -2.54. The van der Waals surface area contributed by atoms with E-state index in [-0.39, 0.29) is 13.2 Å². The quantitative estimate of drug-likeness (QED) is 0.243. The molecule has 2 rings (SSSR count). The lowest BCUT2D eigenvalue weighted by molar-refractivity contribution is -0.310. The lowest BCUT2D eigenvalue weighted by atomic mass is 10.1. The fourth-order valence-electron chi connectivity index (χ4n) is 2.92. The zero-order valence-corrected chi connectivity index (χ0v) is 17.1. The maximum Gasteiger partial charge on any atom is 0.261 e. The zero-order valence-electron chi connectivity index (χ0n) is 17.1. The van der Waals surface area contributed by atoms with Crippen molar-refractivity contribution < 1.29 is 43.7 Å². The van der Waals surface area contributed by atoms with Gasteiger partial charge >= 0.3 is 0 Å². The van der Waals surface area contributed by atoms with E-state index in [1.807, 2.05) is 0 Å². The van der Waals surface area contributed by atoms with Gasteiger partial charge in [-0.05, 0) is 31.9 Å². The maximum absolute atomic E-state index is 12.2. The van der Waals surface area contributed by atoms with Crippen LogP contribution >= 0.6 is 0 Å². The van der Waals surface area contributed by atoms with Crippen molar-refractivity contribution in [3.63, 3.8) is 0 Å². The van der Waals surface area contributed by atoms with Crippen LogP contribution in [0.4, 0.5) is 0 Å². The van der Waals surface area contributed by atoms with Crippen molar-refractivity contribution in [2.24, 2.45) is 0 Å². The number of carbonyl (C=O) groups excluding carboxylic acids is 6. The van der Waals surface area contributed by atoms with Gasteiger partial charge < -0.3 is 35.2 Å². The molecule has 0 radical (unpaired) electrons. The second kappa shape index (κ2) is 11.0. The van der Waals surface area contributed by atoms with Crippen molar-refractivity contribution >= 4 is 35.6 Å². The van der Waals surface area contributed by atoms with Gasteiger partial charge in [0.2, 0.25) is 11.8 Å². The second-order valence-corrected chi connectivity index (χ2v) is 6.94. The molecule has 0 fully saturated rings. The first-order chi connectivity index (χ1) is 15.1. The lowest BCUT2D eigenvalue weighted by Gasteiger charge is -2.22. The highest BCUT2D eigenvalue weighted by Crippen LogP contribution is 2.21. The number of hydrogen-bond donors (Lipinski definition) is 2. The van der Waals surface area contributed by atoms with Gasteiger partial charge in [-0.2, -0.15) is 0 Å². The summed E-state index contributed by atoms with van der Waals surface area (Å²) in [4.78, 5) is 70.8. The van der Waals surface area contributed by atoms with E-state index >= 15 is 0 Å². The smallest absolute Gasteiger partial charge is 0.261 e. The summed E-state index contributed by atoms with van der Waals surface area (Å²) >= 11 is 0. The third kappa shape index (κ3) is 6.35. The highest BCUT2D eigenvalue weighted by molar-refractivity contribution is 6.21. The number of benzene rings is 1. The summed E-state index contributed by atoms with van der Waals surface area (Å²) in [6.07, 6.45) is -1.03. The van der Waals surface area contributed by atoms with Crippen LogP contribution in [0.15, 0.2) is 24.3 Å². The minimum absolute atomic E-state index is 0.0681. The molecule has 1 aliphatic heterocycles. The van der Waals surface area contributed by atoms with E-state index in [1.54, 1.807) is 24.3 Å². The number of nitrogens with zero attached hydrogens (tertiary/aromatic N) is 1. The van der Waals surface area contributed by atoms with Crippen molar-refractivity contribution in [1.82, 2.24) is 15.5 Å². The van der Waals surface area contributed by atoms with Crippen molar-refractivity contribution in [1.29, 1.82) is 0 Å². The van der Waals surface area contributed by atoms with Gasteiger partial charge in [0.05, 0.1) is 36.3 Å². The Balaban J connectivity index is 1.73. The third-order valence-electron chi connectivity index (χ3n) is 4.58. The number of imide groups is 1. The Labute approximate surface area is 182 Å². The topological polar surface area (TPSA) is 185 Å². The minimum Gasteiger partial charge on any atom is -0.550 e. The van der Waals surface area contributed by atoms with Crippen LogP contribution in [0.3, 0.4) is 0 Å². The van der Waals surface area contributed by atoms with Crippen molar-refractivity contribution in [3.8, 4) is 0 Å². The number of rotatable bonds is 12. The fourth-order valence-corrected chi connectivity index (χ4v) is 2.92. The van der Waals surface area contributed by atoms with Gasteiger partial charge in [-0.15, -0.1) is 0 Å².